The predicted molar refractivity (Wildman–Crippen MR) is 62.2 cm³/mol. The number of carboxylic acid groups (broad SMARTS) is 1. The van der Waals surface area contributed by atoms with Crippen LogP contribution in [0.5, 0.6) is 0 Å². The van der Waals surface area contributed by atoms with E-state index in [0.717, 1.165) is 5.69 Å². The van der Waals surface area contributed by atoms with Crippen LogP contribution in [0.15, 0.2) is 17.0 Å². The van der Waals surface area contributed by atoms with Gasteiger partial charge in [0.15, 0.2) is 5.82 Å². The number of nitrogens with zero attached hydrogens (tertiary/aromatic N) is 2. The summed E-state index contributed by atoms with van der Waals surface area (Å²) in [4.78, 5) is 17.8. The molecule has 0 aliphatic carbocycles. The predicted octanol–water partition coefficient (Wildman–Crippen LogP) is 0.737. The molecule has 0 amide bonds. The van der Waals surface area contributed by atoms with Gasteiger partial charge >= 0.3 is 5.97 Å². The second-order valence-corrected chi connectivity index (χ2v) is 3.91. The Morgan fingerprint density at radius 2 is 2.44 bits per heavy atom. The van der Waals surface area contributed by atoms with E-state index in [1.165, 1.54) is 6.39 Å². The van der Waals surface area contributed by atoms with E-state index in [4.69, 9.17) is 5.11 Å². The number of aromatic carboxylic acids is 1. The van der Waals surface area contributed by atoms with Crippen molar-refractivity contribution in [3.05, 3.63) is 35.2 Å². The first kappa shape index (κ1) is 12.3. The van der Waals surface area contributed by atoms with E-state index < -0.39 is 5.97 Å². The molecule has 7 heteroatoms. The van der Waals surface area contributed by atoms with E-state index in [2.05, 4.69) is 25.0 Å². The molecule has 0 spiro atoms. The molecule has 2 rings (SSSR count). The van der Waals surface area contributed by atoms with Gasteiger partial charge in [-0.3, -0.25) is 0 Å². The van der Waals surface area contributed by atoms with Crippen molar-refractivity contribution in [2.75, 3.05) is 6.54 Å². The molecule has 0 radical (unpaired) electrons. The van der Waals surface area contributed by atoms with Crippen LogP contribution in [-0.4, -0.2) is 32.7 Å². The zero-order chi connectivity index (χ0) is 13.0. The lowest BCUT2D eigenvalue weighted by Crippen LogP contribution is -2.17. The van der Waals surface area contributed by atoms with Crippen LogP contribution in [0.2, 0.25) is 0 Å². The van der Waals surface area contributed by atoms with Gasteiger partial charge in [0.25, 0.3) is 0 Å². The van der Waals surface area contributed by atoms with Crippen molar-refractivity contribution >= 4 is 5.97 Å². The van der Waals surface area contributed by atoms with Crippen LogP contribution >= 0.6 is 0 Å². The summed E-state index contributed by atoms with van der Waals surface area (Å²) < 4.78 is 4.61. The van der Waals surface area contributed by atoms with Gasteiger partial charge in [0.2, 0.25) is 6.39 Å². The molecule has 0 aliphatic heterocycles. The third-order valence-corrected chi connectivity index (χ3v) is 2.55. The van der Waals surface area contributed by atoms with Crippen LogP contribution in [0.25, 0.3) is 0 Å². The number of aryl methyl sites for hydroxylation is 1. The molecule has 3 N–H and O–H groups in total. The Labute approximate surface area is 103 Å². The third kappa shape index (κ3) is 2.95. The molecule has 96 valence electrons. The van der Waals surface area contributed by atoms with Gasteiger partial charge in [-0.05, 0) is 13.0 Å². The Bertz CT molecular complexity index is 518. The molecule has 2 aromatic heterocycles. The van der Waals surface area contributed by atoms with Gasteiger partial charge in [-0.25, -0.2) is 4.79 Å². The summed E-state index contributed by atoms with van der Waals surface area (Å²) >= 11 is 0. The number of carboxylic acids is 1. The molecule has 0 atom stereocenters. The molecule has 0 bridgehead atoms. The van der Waals surface area contributed by atoms with E-state index in [0.29, 0.717) is 36.6 Å². The van der Waals surface area contributed by atoms with Crippen LogP contribution in [-0.2, 0) is 13.0 Å². The maximum absolute atomic E-state index is 10.9. The van der Waals surface area contributed by atoms with E-state index in [9.17, 15) is 4.79 Å². The fourth-order valence-electron chi connectivity index (χ4n) is 1.67. The van der Waals surface area contributed by atoms with Crippen LogP contribution in [0.4, 0.5) is 0 Å². The summed E-state index contributed by atoms with van der Waals surface area (Å²) in [5, 5.41) is 15.8. The fraction of sp³-hybridized carbons (Fsp3) is 0.364. The summed E-state index contributed by atoms with van der Waals surface area (Å²) in [5.74, 6) is -0.266. The topological polar surface area (TPSA) is 104 Å². The lowest BCUT2D eigenvalue weighted by molar-refractivity contribution is 0.0696. The number of H-pyrrole nitrogens is 1. The minimum Gasteiger partial charge on any atom is -0.478 e. The van der Waals surface area contributed by atoms with E-state index in [1.54, 1.807) is 13.0 Å². The summed E-state index contributed by atoms with van der Waals surface area (Å²) in [6.45, 7) is 3.01. The maximum Gasteiger partial charge on any atom is 0.337 e. The minimum absolute atomic E-state index is 0.310. The van der Waals surface area contributed by atoms with Crippen molar-refractivity contribution in [1.29, 1.82) is 0 Å². The number of hydrogen-bond acceptors (Lipinski definition) is 5. The van der Waals surface area contributed by atoms with Gasteiger partial charge < -0.3 is 19.9 Å². The second-order valence-electron chi connectivity index (χ2n) is 3.91. The molecule has 2 aromatic rings. The van der Waals surface area contributed by atoms with Crippen LogP contribution in [0.3, 0.4) is 0 Å². The maximum atomic E-state index is 10.9. The summed E-state index contributed by atoms with van der Waals surface area (Å²) in [6, 6.07) is 1.64. The van der Waals surface area contributed by atoms with Gasteiger partial charge in [-0.15, -0.1) is 0 Å². The number of carbonyl (C=O) groups is 1. The lowest BCUT2D eigenvalue weighted by atomic mass is 10.2. The third-order valence-electron chi connectivity index (χ3n) is 2.55. The summed E-state index contributed by atoms with van der Waals surface area (Å²) in [5.41, 5.74) is 1.82. The van der Waals surface area contributed by atoms with Crippen molar-refractivity contribution in [1.82, 2.24) is 20.4 Å². The van der Waals surface area contributed by atoms with Crippen molar-refractivity contribution in [3.63, 3.8) is 0 Å². The fourth-order valence-corrected chi connectivity index (χ4v) is 1.67. The van der Waals surface area contributed by atoms with E-state index in [-0.39, 0.29) is 0 Å². The van der Waals surface area contributed by atoms with Crippen molar-refractivity contribution in [3.8, 4) is 0 Å². The first-order chi connectivity index (χ1) is 8.66. The molecular weight excluding hydrogens is 236 g/mol. The number of nitrogens with one attached hydrogen (secondary N) is 2. The zero-order valence-electron chi connectivity index (χ0n) is 9.93. The Morgan fingerprint density at radius 1 is 1.61 bits per heavy atom. The van der Waals surface area contributed by atoms with Crippen LogP contribution < -0.4 is 5.32 Å². The number of aromatic amines is 1. The highest BCUT2D eigenvalue weighted by Gasteiger charge is 2.10. The van der Waals surface area contributed by atoms with Gasteiger partial charge in [0, 0.05) is 30.9 Å². The zero-order valence-corrected chi connectivity index (χ0v) is 9.93. The van der Waals surface area contributed by atoms with Crippen LogP contribution in [0.1, 0.15) is 27.6 Å². The van der Waals surface area contributed by atoms with Crippen molar-refractivity contribution in [2.24, 2.45) is 0 Å². The molecule has 18 heavy (non-hydrogen) atoms. The van der Waals surface area contributed by atoms with Crippen molar-refractivity contribution in [2.45, 2.75) is 19.9 Å². The smallest absolute Gasteiger partial charge is 0.337 e. The molecule has 0 fully saturated rings. The van der Waals surface area contributed by atoms with Gasteiger partial charge in [-0.1, -0.05) is 5.16 Å². The van der Waals surface area contributed by atoms with E-state index in [1.807, 2.05) is 0 Å². The average molecular weight is 250 g/mol. The monoisotopic (exact) mass is 250 g/mol. The quantitative estimate of drug-likeness (QED) is 0.653. The summed E-state index contributed by atoms with van der Waals surface area (Å²) in [7, 11) is 0. The largest absolute Gasteiger partial charge is 0.478 e. The minimum atomic E-state index is -0.915. The SMILES string of the molecule is Cc1[nH]c(CNCCc2ncon2)cc1C(=O)O. The standard InChI is InChI=1S/C11H14N4O3/c1-7-9(11(16)17)4-8(14-7)5-12-3-2-10-13-6-18-15-10/h4,6,12,14H,2-3,5H2,1H3,(H,16,17). The normalized spacial score (nSPS) is 10.7. The molecule has 7 nitrogen and oxygen atoms in total. The number of aromatic nitrogens is 3. The van der Waals surface area contributed by atoms with Crippen LogP contribution in [0, 0.1) is 6.92 Å². The first-order valence-electron chi connectivity index (χ1n) is 5.54. The highest BCUT2D eigenvalue weighted by Crippen LogP contribution is 2.09. The molecule has 0 aromatic carbocycles. The number of rotatable bonds is 6. The van der Waals surface area contributed by atoms with Crippen molar-refractivity contribution < 1.29 is 14.4 Å². The first-order valence-corrected chi connectivity index (χ1v) is 5.54. The Kier molecular flexibility index (Phi) is 3.73. The number of hydrogen-bond donors (Lipinski definition) is 3. The molecule has 0 saturated carbocycles. The van der Waals surface area contributed by atoms with Gasteiger partial charge in [0.1, 0.15) is 0 Å². The highest BCUT2D eigenvalue weighted by atomic mass is 16.5. The molecule has 0 saturated heterocycles. The molecular formula is C11H14N4O3. The summed E-state index contributed by atoms with van der Waals surface area (Å²) in [6.07, 6.45) is 1.96. The lowest BCUT2D eigenvalue weighted by Gasteiger charge is -2.00. The van der Waals surface area contributed by atoms with Gasteiger partial charge in [-0.2, -0.15) is 4.98 Å². The van der Waals surface area contributed by atoms with Gasteiger partial charge in [0.05, 0.1) is 5.56 Å². The van der Waals surface area contributed by atoms with E-state index >= 15 is 0 Å². The highest BCUT2D eigenvalue weighted by molar-refractivity contribution is 5.89. The molecule has 2 heterocycles. The Hall–Kier alpha value is -2.15. The second kappa shape index (κ2) is 5.46. The molecule has 0 aliphatic rings. The Balaban J connectivity index is 1.80. The molecule has 0 unspecified atom stereocenters. The average Bonchev–Trinajstić information content (AvgIpc) is 2.94. The Morgan fingerprint density at radius 3 is 3.06 bits per heavy atom.